The van der Waals surface area contributed by atoms with Crippen molar-refractivity contribution in [2.45, 2.75) is 6.92 Å². The topological polar surface area (TPSA) is 32.3 Å². The van der Waals surface area contributed by atoms with Crippen molar-refractivity contribution in [3.8, 4) is 0 Å². The second-order valence-electron chi connectivity index (χ2n) is 4.02. The summed E-state index contributed by atoms with van der Waals surface area (Å²) in [5.41, 5.74) is 2.10. The summed E-state index contributed by atoms with van der Waals surface area (Å²) >= 11 is 6.08. The Kier molecular flexibility index (Phi) is 3.46. The van der Waals surface area contributed by atoms with E-state index >= 15 is 0 Å². The number of carbonyl (C=O) groups excluding carboxylic acids is 1. The molecule has 1 saturated heterocycles. The van der Waals surface area contributed by atoms with Crippen LogP contribution in [0, 0.1) is 6.92 Å². The Labute approximate surface area is 100 Å². The molecule has 1 heterocycles. The van der Waals surface area contributed by atoms with E-state index in [1.807, 2.05) is 25.1 Å². The van der Waals surface area contributed by atoms with E-state index < -0.39 is 0 Å². The number of hydrogen-bond donors (Lipinski definition) is 1. The first-order valence-corrected chi connectivity index (χ1v) is 5.79. The predicted molar refractivity (Wildman–Crippen MR) is 66.3 cm³/mol. The standard InChI is InChI=1S/C12H15ClN2O/c1-9-11(13)3-2-4-12(9)15-6-5-14-7-10(16)8-15/h2-4,14H,5-8H2,1H3. The molecule has 0 aliphatic carbocycles. The predicted octanol–water partition coefficient (Wildman–Crippen LogP) is 1.63. The second kappa shape index (κ2) is 4.85. The monoisotopic (exact) mass is 238 g/mol. The van der Waals surface area contributed by atoms with Gasteiger partial charge in [-0.3, -0.25) is 4.79 Å². The summed E-state index contributed by atoms with van der Waals surface area (Å²) in [5.74, 6) is 0.219. The maximum Gasteiger partial charge on any atom is 0.165 e. The molecule has 4 heteroatoms. The van der Waals surface area contributed by atoms with Crippen LogP contribution in [0.3, 0.4) is 0 Å². The van der Waals surface area contributed by atoms with Gasteiger partial charge in [-0.05, 0) is 24.6 Å². The van der Waals surface area contributed by atoms with Crippen molar-refractivity contribution < 1.29 is 4.79 Å². The van der Waals surface area contributed by atoms with Crippen molar-refractivity contribution in [1.29, 1.82) is 0 Å². The Balaban J connectivity index is 2.28. The zero-order valence-corrected chi connectivity index (χ0v) is 10.0. The molecule has 2 rings (SSSR count). The van der Waals surface area contributed by atoms with Gasteiger partial charge in [0.15, 0.2) is 5.78 Å². The summed E-state index contributed by atoms with van der Waals surface area (Å²) in [5, 5.41) is 3.86. The molecule has 0 amide bonds. The van der Waals surface area contributed by atoms with Gasteiger partial charge in [-0.15, -0.1) is 0 Å². The molecule has 1 N–H and O–H groups in total. The van der Waals surface area contributed by atoms with Crippen molar-refractivity contribution in [2.24, 2.45) is 0 Å². The fourth-order valence-electron chi connectivity index (χ4n) is 1.93. The van der Waals surface area contributed by atoms with Crippen LogP contribution in [0.1, 0.15) is 5.56 Å². The molecular weight excluding hydrogens is 224 g/mol. The summed E-state index contributed by atoms with van der Waals surface area (Å²) in [4.78, 5) is 13.6. The van der Waals surface area contributed by atoms with E-state index in [4.69, 9.17) is 11.6 Å². The van der Waals surface area contributed by atoms with Crippen LogP contribution in [-0.4, -0.2) is 32.0 Å². The molecule has 0 unspecified atom stereocenters. The third-order valence-electron chi connectivity index (χ3n) is 2.83. The number of benzene rings is 1. The third-order valence-corrected chi connectivity index (χ3v) is 3.24. The summed E-state index contributed by atoms with van der Waals surface area (Å²) < 4.78 is 0. The maximum absolute atomic E-state index is 11.5. The third kappa shape index (κ3) is 2.36. The number of carbonyl (C=O) groups is 1. The first-order valence-electron chi connectivity index (χ1n) is 5.41. The molecule has 0 aromatic heterocycles. The average molecular weight is 239 g/mol. The number of Topliss-reactive ketones (excluding diaryl/α,β-unsaturated/α-hetero) is 1. The highest BCUT2D eigenvalue weighted by atomic mass is 35.5. The average Bonchev–Trinajstić information content (AvgIpc) is 2.47. The van der Waals surface area contributed by atoms with Gasteiger partial charge in [0, 0.05) is 23.8 Å². The minimum atomic E-state index is 0.219. The summed E-state index contributed by atoms with van der Waals surface area (Å²) in [6.07, 6.45) is 0. The zero-order chi connectivity index (χ0) is 11.5. The molecule has 1 fully saturated rings. The van der Waals surface area contributed by atoms with Gasteiger partial charge in [-0.1, -0.05) is 17.7 Å². The molecule has 1 aromatic rings. The SMILES string of the molecule is Cc1c(Cl)cccc1N1CCNCC(=O)C1. The summed E-state index contributed by atoms with van der Waals surface area (Å²) in [6.45, 7) is 4.59. The van der Waals surface area contributed by atoms with Gasteiger partial charge in [0.2, 0.25) is 0 Å². The fourth-order valence-corrected chi connectivity index (χ4v) is 2.10. The van der Waals surface area contributed by atoms with E-state index in [0.29, 0.717) is 13.1 Å². The highest BCUT2D eigenvalue weighted by Crippen LogP contribution is 2.26. The van der Waals surface area contributed by atoms with Crippen LogP contribution in [0.2, 0.25) is 5.02 Å². The van der Waals surface area contributed by atoms with E-state index in [0.717, 1.165) is 29.4 Å². The van der Waals surface area contributed by atoms with Crippen LogP contribution >= 0.6 is 11.6 Å². The van der Waals surface area contributed by atoms with Crippen LogP contribution in [-0.2, 0) is 4.79 Å². The molecule has 3 nitrogen and oxygen atoms in total. The van der Waals surface area contributed by atoms with Gasteiger partial charge >= 0.3 is 0 Å². The van der Waals surface area contributed by atoms with Gasteiger partial charge in [-0.2, -0.15) is 0 Å². The highest BCUT2D eigenvalue weighted by Gasteiger charge is 2.17. The van der Waals surface area contributed by atoms with Gasteiger partial charge in [-0.25, -0.2) is 0 Å². The Morgan fingerprint density at radius 3 is 3.06 bits per heavy atom. The van der Waals surface area contributed by atoms with Crippen molar-refractivity contribution in [3.05, 3.63) is 28.8 Å². The smallest absolute Gasteiger partial charge is 0.165 e. The van der Waals surface area contributed by atoms with Crippen LogP contribution in [0.4, 0.5) is 5.69 Å². The fraction of sp³-hybridized carbons (Fsp3) is 0.417. The molecular formula is C12H15ClN2O. The van der Waals surface area contributed by atoms with Gasteiger partial charge in [0.05, 0.1) is 13.1 Å². The van der Waals surface area contributed by atoms with Crippen LogP contribution < -0.4 is 10.2 Å². The van der Waals surface area contributed by atoms with Gasteiger partial charge < -0.3 is 10.2 Å². The van der Waals surface area contributed by atoms with Crippen molar-refractivity contribution in [1.82, 2.24) is 5.32 Å². The lowest BCUT2D eigenvalue weighted by atomic mass is 10.1. The van der Waals surface area contributed by atoms with Crippen LogP contribution in [0.15, 0.2) is 18.2 Å². The lowest BCUT2D eigenvalue weighted by molar-refractivity contribution is -0.116. The first-order chi connectivity index (χ1) is 7.68. The molecule has 0 spiro atoms. The lowest BCUT2D eigenvalue weighted by Crippen LogP contribution is -2.30. The first kappa shape index (κ1) is 11.4. The number of hydrogen-bond acceptors (Lipinski definition) is 3. The van der Waals surface area contributed by atoms with Crippen molar-refractivity contribution in [2.75, 3.05) is 31.1 Å². The second-order valence-corrected chi connectivity index (χ2v) is 4.43. The Bertz CT molecular complexity index is 406. The molecule has 1 aliphatic heterocycles. The van der Waals surface area contributed by atoms with Gasteiger partial charge in [0.25, 0.3) is 0 Å². The van der Waals surface area contributed by atoms with Crippen LogP contribution in [0.5, 0.6) is 0 Å². The minimum Gasteiger partial charge on any atom is -0.363 e. The van der Waals surface area contributed by atoms with E-state index in [1.54, 1.807) is 0 Å². The van der Waals surface area contributed by atoms with E-state index in [-0.39, 0.29) is 5.78 Å². The van der Waals surface area contributed by atoms with Crippen molar-refractivity contribution >= 4 is 23.1 Å². The largest absolute Gasteiger partial charge is 0.363 e. The quantitative estimate of drug-likeness (QED) is 0.807. The van der Waals surface area contributed by atoms with E-state index in [1.165, 1.54) is 0 Å². The molecule has 0 atom stereocenters. The number of nitrogens with one attached hydrogen (secondary N) is 1. The van der Waals surface area contributed by atoms with E-state index in [2.05, 4.69) is 10.2 Å². The molecule has 0 bridgehead atoms. The van der Waals surface area contributed by atoms with Crippen LogP contribution in [0.25, 0.3) is 0 Å². The lowest BCUT2D eigenvalue weighted by Gasteiger charge is -2.23. The summed E-state index contributed by atoms with van der Waals surface area (Å²) in [6, 6.07) is 5.81. The normalized spacial score (nSPS) is 17.4. The maximum atomic E-state index is 11.5. The number of halogens is 1. The Hall–Kier alpha value is -1.06. The number of ketones is 1. The number of anilines is 1. The molecule has 0 radical (unpaired) electrons. The Morgan fingerprint density at radius 1 is 1.44 bits per heavy atom. The number of nitrogens with zero attached hydrogens (tertiary/aromatic N) is 1. The molecule has 86 valence electrons. The molecule has 1 aromatic carbocycles. The van der Waals surface area contributed by atoms with Gasteiger partial charge in [0.1, 0.15) is 0 Å². The van der Waals surface area contributed by atoms with Crippen molar-refractivity contribution in [3.63, 3.8) is 0 Å². The zero-order valence-electron chi connectivity index (χ0n) is 9.29. The molecule has 1 aliphatic rings. The van der Waals surface area contributed by atoms with E-state index in [9.17, 15) is 4.79 Å². The minimum absolute atomic E-state index is 0.219. The molecule has 16 heavy (non-hydrogen) atoms. The highest BCUT2D eigenvalue weighted by molar-refractivity contribution is 6.31. The molecule has 0 saturated carbocycles. The Morgan fingerprint density at radius 2 is 2.25 bits per heavy atom. The summed E-state index contributed by atoms with van der Waals surface area (Å²) in [7, 11) is 0. The number of rotatable bonds is 1.